The van der Waals surface area contributed by atoms with Crippen molar-refractivity contribution >= 4 is 16.6 Å². The van der Waals surface area contributed by atoms with Gasteiger partial charge in [-0.1, -0.05) is 12.1 Å². The second-order valence-corrected chi connectivity index (χ2v) is 7.00. The Bertz CT molecular complexity index is 927. The van der Waals surface area contributed by atoms with E-state index in [1.165, 1.54) is 0 Å². The molecule has 0 amide bonds. The zero-order chi connectivity index (χ0) is 18.1. The fraction of sp³-hybridized carbons (Fsp3) is 0.350. The van der Waals surface area contributed by atoms with Crippen molar-refractivity contribution < 1.29 is 13.6 Å². The average molecular weight is 355 g/mol. The Morgan fingerprint density at radius 2 is 1.92 bits per heavy atom. The van der Waals surface area contributed by atoms with Gasteiger partial charge in [0.25, 0.3) is 0 Å². The van der Waals surface area contributed by atoms with Crippen molar-refractivity contribution in [1.82, 2.24) is 15.2 Å². The number of hydrogen-bond donors (Lipinski definition) is 1. The number of aromatic amines is 1. The van der Waals surface area contributed by atoms with Gasteiger partial charge in [0, 0.05) is 54.2 Å². The van der Waals surface area contributed by atoms with E-state index in [9.17, 15) is 13.6 Å². The number of halogens is 2. The van der Waals surface area contributed by atoms with Gasteiger partial charge < -0.3 is 0 Å². The SMILES string of the molecule is O=C(Cc1cc2cc(-c3cn[nH]c3)ccc2cn1)C1CCC(F)(F)CC1. The smallest absolute Gasteiger partial charge is 0.248 e. The van der Waals surface area contributed by atoms with Gasteiger partial charge in [-0.25, -0.2) is 8.78 Å². The molecule has 1 aliphatic rings. The minimum Gasteiger partial charge on any atom is -0.299 e. The fourth-order valence-corrected chi connectivity index (χ4v) is 3.56. The number of hydrogen-bond acceptors (Lipinski definition) is 3. The van der Waals surface area contributed by atoms with Crippen molar-refractivity contribution in [2.75, 3.05) is 0 Å². The molecule has 134 valence electrons. The second-order valence-electron chi connectivity index (χ2n) is 7.00. The molecule has 6 heteroatoms. The largest absolute Gasteiger partial charge is 0.299 e. The molecule has 0 atom stereocenters. The van der Waals surface area contributed by atoms with Crippen molar-refractivity contribution in [2.45, 2.75) is 38.0 Å². The van der Waals surface area contributed by atoms with Gasteiger partial charge in [-0.3, -0.25) is 14.9 Å². The van der Waals surface area contributed by atoms with Crippen LogP contribution in [0.2, 0.25) is 0 Å². The standard InChI is InChI=1S/C20H19F2N3O/c21-20(22)5-3-13(4-6-20)19(26)9-18-8-16-7-14(17-11-24-25-12-17)1-2-15(16)10-23-18/h1-2,7-8,10-13H,3-6,9H2,(H,24,25). The van der Waals surface area contributed by atoms with Gasteiger partial charge in [0.05, 0.1) is 6.20 Å². The zero-order valence-electron chi connectivity index (χ0n) is 14.2. The van der Waals surface area contributed by atoms with Crippen LogP contribution in [0.1, 0.15) is 31.4 Å². The van der Waals surface area contributed by atoms with Gasteiger partial charge in [-0.05, 0) is 35.9 Å². The molecule has 2 aromatic heterocycles. The molecular weight excluding hydrogens is 336 g/mol. The molecule has 4 nitrogen and oxygen atoms in total. The highest BCUT2D eigenvalue weighted by Gasteiger charge is 2.37. The summed E-state index contributed by atoms with van der Waals surface area (Å²) in [6.07, 6.45) is 5.69. The highest BCUT2D eigenvalue weighted by molar-refractivity contribution is 5.88. The van der Waals surface area contributed by atoms with Crippen LogP contribution in [0.15, 0.2) is 42.9 Å². The number of alkyl halides is 2. The van der Waals surface area contributed by atoms with E-state index in [4.69, 9.17) is 0 Å². The van der Waals surface area contributed by atoms with Crippen LogP contribution in [0.3, 0.4) is 0 Å². The van der Waals surface area contributed by atoms with Gasteiger partial charge in [-0.15, -0.1) is 0 Å². The first-order valence-corrected chi connectivity index (χ1v) is 8.79. The summed E-state index contributed by atoms with van der Waals surface area (Å²) in [5, 5.41) is 8.75. The maximum atomic E-state index is 13.3. The van der Waals surface area contributed by atoms with Crippen LogP contribution in [0.25, 0.3) is 21.9 Å². The van der Waals surface area contributed by atoms with E-state index in [0.717, 1.165) is 21.9 Å². The van der Waals surface area contributed by atoms with Crippen LogP contribution in [0.5, 0.6) is 0 Å². The summed E-state index contributed by atoms with van der Waals surface area (Å²) in [6, 6.07) is 7.94. The summed E-state index contributed by atoms with van der Waals surface area (Å²) < 4.78 is 26.5. The Balaban J connectivity index is 1.52. The molecule has 1 N–H and O–H groups in total. The Morgan fingerprint density at radius 1 is 1.12 bits per heavy atom. The van der Waals surface area contributed by atoms with E-state index in [2.05, 4.69) is 15.2 Å². The summed E-state index contributed by atoms with van der Waals surface area (Å²) in [7, 11) is 0. The van der Waals surface area contributed by atoms with Crippen molar-refractivity contribution in [1.29, 1.82) is 0 Å². The van der Waals surface area contributed by atoms with Gasteiger partial charge in [0.1, 0.15) is 5.78 Å². The van der Waals surface area contributed by atoms with E-state index < -0.39 is 5.92 Å². The van der Waals surface area contributed by atoms with E-state index >= 15 is 0 Å². The lowest BCUT2D eigenvalue weighted by Gasteiger charge is -2.27. The molecule has 0 unspecified atom stereocenters. The van der Waals surface area contributed by atoms with Crippen molar-refractivity contribution in [2.24, 2.45) is 5.92 Å². The van der Waals surface area contributed by atoms with Crippen LogP contribution in [-0.4, -0.2) is 26.9 Å². The lowest BCUT2D eigenvalue weighted by Crippen LogP contribution is -2.29. The molecule has 1 aliphatic carbocycles. The normalized spacial score (nSPS) is 17.5. The Hall–Kier alpha value is -2.63. The first kappa shape index (κ1) is 16.8. The average Bonchev–Trinajstić information content (AvgIpc) is 3.15. The first-order chi connectivity index (χ1) is 12.5. The van der Waals surface area contributed by atoms with Crippen molar-refractivity contribution in [3.63, 3.8) is 0 Å². The number of rotatable bonds is 4. The highest BCUT2D eigenvalue weighted by atomic mass is 19.3. The predicted molar refractivity (Wildman–Crippen MR) is 94.9 cm³/mol. The number of ketones is 1. The van der Waals surface area contributed by atoms with Gasteiger partial charge >= 0.3 is 0 Å². The maximum absolute atomic E-state index is 13.3. The summed E-state index contributed by atoms with van der Waals surface area (Å²) in [5.41, 5.74) is 2.71. The number of nitrogens with zero attached hydrogens (tertiary/aromatic N) is 2. The quantitative estimate of drug-likeness (QED) is 0.746. The monoisotopic (exact) mass is 355 g/mol. The molecule has 1 fully saturated rings. The molecule has 0 saturated heterocycles. The lowest BCUT2D eigenvalue weighted by molar-refractivity contribution is -0.126. The fourth-order valence-electron chi connectivity index (χ4n) is 3.56. The number of nitrogens with one attached hydrogen (secondary N) is 1. The molecule has 0 bridgehead atoms. The highest BCUT2D eigenvalue weighted by Crippen LogP contribution is 2.36. The first-order valence-electron chi connectivity index (χ1n) is 8.79. The molecule has 0 spiro atoms. The molecule has 0 radical (unpaired) electrons. The summed E-state index contributed by atoms with van der Waals surface area (Å²) in [5.74, 6) is -2.87. The number of Topliss-reactive ketones (excluding diaryl/α,β-unsaturated/α-hetero) is 1. The minimum atomic E-state index is -2.61. The van der Waals surface area contributed by atoms with E-state index in [1.807, 2.05) is 30.5 Å². The van der Waals surface area contributed by atoms with Crippen LogP contribution in [0, 0.1) is 5.92 Å². The van der Waals surface area contributed by atoms with E-state index in [-0.39, 0.29) is 43.8 Å². The number of fused-ring (bicyclic) bond motifs is 1. The van der Waals surface area contributed by atoms with Crippen LogP contribution in [-0.2, 0) is 11.2 Å². The second kappa shape index (κ2) is 6.59. The molecule has 2 heterocycles. The maximum Gasteiger partial charge on any atom is 0.248 e. The van der Waals surface area contributed by atoms with Gasteiger partial charge in [0.15, 0.2) is 0 Å². The topological polar surface area (TPSA) is 58.6 Å². The molecule has 0 aliphatic heterocycles. The van der Waals surface area contributed by atoms with E-state index in [1.54, 1.807) is 12.4 Å². The summed E-state index contributed by atoms with van der Waals surface area (Å²) in [4.78, 5) is 16.8. The molecule has 3 aromatic rings. The number of aromatic nitrogens is 3. The predicted octanol–water partition coefficient (Wildman–Crippen LogP) is 4.56. The zero-order valence-corrected chi connectivity index (χ0v) is 14.2. The molecule has 4 rings (SSSR count). The van der Waals surface area contributed by atoms with Gasteiger partial charge in [-0.2, -0.15) is 5.10 Å². The summed E-state index contributed by atoms with van der Waals surface area (Å²) >= 11 is 0. The Morgan fingerprint density at radius 3 is 2.65 bits per heavy atom. The molecule has 26 heavy (non-hydrogen) atoms. The number of benzene rings is 1. The summed E-state index contributed by atoms with van der Waals surface area (Å²) in [6.45, 7) is 0. The minimum absolute atomic E-state index is 0.0124. The van der Waals surface area contributed by atoms with Crippen molar-refractivity contribution in [3.05, 3.63) is 48.5 Å². The molecular formula is C20H19F2N3O. The van der Waals surface area contributed by atoms with Crippen LogP contribution < -0.4 is 0 Å². The lowest BCUT2D eigenvalue weighted by atomic mass is 9.83. The number of carbonyl (C=O) groups excluding carboxylic acids is 1. The number of H-pyrrole nitrogens is 1. The third-order valence-electron chi connectivity index (χ3n) is 5.14. The molecule has 1 saturated carbocycles. The molecule has 1 aromatic carbocycles. The number of pyridine rings is 1. The Kier molecular flexibility index (Phi) is 4.26. The van der Waals surface area contributed by atoms with Crippen molar-refractivity contribution in [3.8, 4) is 11.1 Å². The van der Waals surface area contributed by atoms with Gasteiger partial charge in [0.2, 0.25) is 5.92 Å². The third kappa shape index (κ3) is 3.49. The van der Waals surface area contributed by atoms with E-state index in [0.29, 0.717) is 5.69 Å². The van der Waals surface area contributed by atoms with Crippen LogP contribution in [0.4, 0.5) is 8.78 Å². The third-order valence-corrected chi connectivity index (χ3v) is 5.14. The Labute approximate surface area is 149 Å². The number of carbonyl (C=O) groups is 1. The van der Waals surface area contributed by atoms with Crippen LogP contribution >= 0.6 is 0 Å².